The third kappa shape index (κ3) is 5.11. The number of benzene rings is 2. The summed E-state index contributed by atoms with van der Waals surface area (Å²) in [5.74, 6) is 1.93. The summed E-state index contributed by atoms with van der Waals surface area (Å²) in [7, 11) is 0. The lowest BCUT2D eigenvalue weighted by molar-refractivity contribution is -0.115. The molecule has 1 aliphatic heterocycles. The van der Waals surface area contributed by atoms with Crippen molar-refractivity contribution in [2.75, 3.05) is 18.1 Å². The number of hydrogen-bond donors (Lipinski definition) is 1. The third-order valence-electron chi connectivity index (χ3n) is 5.36. The van der Waals surface area contributed by atoms with Gasteiger partial charge in [0.05, 0.1) is 24.6 Å². The zero-order chi connectivity index (χ0) is 22.5. The maximum Gasteiger partial charge on any atom is 0.230 e. The number of para-hydroxylation sites is 1. The van der Waals surface area contributed by atoms with Crippen molar-refractivity contribution < 1.29 is 14.3 Å². The highest BCUT2D eigenvalue weighted by Gasteiger charge is 2.21. The Balaban J connectivity index is 1.49. The molecule has 0 bridgehead atoms. The summed E-state index contributed by atoms with van der Waals surface area (Å²) in [6.07, 6.45) is 0.891. The van der Waals surface area contributed by atoms with E-state index in [1.807, 2.05) is 41.8 Å². The number of hydrogen-bond acceptors (Lipinski definition) is 6. The van der Waals surface area contributed by atoms with Crippen molar-refractivity contribution in [3.8, 4) is 11.5 Å². The van der Waals surface area contributed by atoms with E-state index in [4.69, 9.17) is 14.5 Å². The minimum absolute atomic E-state index is 0.0580. The number of thiazole rings is 1. The van der Waals surface area contributed by atoms with Gasteiger partial charge in [0, 0.05) is 31.3 Å². The number of carbonyl (C=O) groups is 1. The highest BCUT2D eigenvalue weighted by molar-refractivity contribution is 7.14. The molecular weight excluding hydrogens is 422 g/mol. The first-order valence-electron chi connectivity index (χ1n) is 11.0. The van der Waals surface area contributed by atoms with Gasteiger partial charge in [-0.25, -0.2) is 4.98 Å². The number of amides is 1. The summed E-state index contributed by atoms with van der Waals surface area (Å²) in [5.41, 5.74) is 2.89. The molecule has 168 valence electrons. The van der Waals surface area contributed by atoms with E-state index in [0.717, 1.165) is 34.9 Å². The van der Waals surface area contributed by atoms with Crippen molar-refractivity contribution >= 4 is 28.1 Å². The van der Waals surface area contributed by atoms with Gasteiger partial charge in [0.15, 0.2) is 16.6 Å². The fourth-order valence-electron chi connectivity index (χ4n) is 3.81. The number of nitrogens with zero attached hydrogens (tertiary/aromatic N) is 2. The van der Waals surface area contributed by atoms with Gasteiger partial charge in [-0.3, -0.25) is 9.69 Å². The number of carbonyl (C=O) groups excluding carboxylic acids is 1. The molecule has 0 unspecified atom stereocenters. The molecule has 32 heavy (non-hydrogen) atoms. The van der Waals surface area contributed by atoms with E-state index in [0.29, 0.717) is 30.8 Å². The van der Waals surface area contributed by atoms with Crippen LogP contribution in [0.2, 0.25) is 0 Å². The minimum atomic E-state index is -0.0580. The fourth-order valence-corrected chi connectivity index (χ4v) is 4.70. The Labute approximate surface area is 193 Å². The van der Waals surface area contributed by atoms with E-state index in [1.54, 1.807) is 11.8 Å². The fraction of sp³-hybridized carbons (Fsp3) is 0.360. The average molecular weight is 452 g/mol. The van der Waals surface area contributed by atoms with E-state index in [1.165, 1.54) is 11.3 Å². The molecule has 1 amide bonds. The number of aromatic nitrogens is 1. The summed E-state index contributed by atoms with van der Waals surface area (Å²) >= 11 is 1.48. The molecule has 1 N–H and O–H groups in total. The number of rotatable bonds is 7. The zero-order valence-electron chi connectivity index (χ0n) is 18.7. The molecule has 3 aromatic rings. The molecule has 7 heteroatoms. The number of fused-ring (bicyclic) bond motifs is 1. The molecule has 0 fully saturated rings. The molecule has 6 nitrogen and oxygen atoms in total. The van der Waals surface area contributed by atoms with Gasteiger partial charge in [-0.2, -0.15) is 0 Å². The summed E-state index contributed by atoms with van der Waals surface area (Å²) in [6.45, 7) is 7.91. The van der Waals surface area contributed by atoms with Crippen molar-refractivity contribution in [3.63, 3.8) is 0 Å². The maximum atomic E-state index is 12.3. The predicted octanol–water partition coefficient (Wildman–Crippen LogP) is 5.48. The van der Waals surface area contributed by atoms with E-state index in [9.17, 15) is 4.79 Å². The van der Waals surface area contributed by atoms with Crippen LogP contribution in [0.15, 0.2) is 53.9 Å². The molecule has 0 radical (unpaired) electrons. The van der Waals surface area contributed by atoms with E-state index >= 15 is 0 Å². The highest BCUT2D eigenvalue weighted by atomic mass is 32.1. The predicted molar refractivity (Wildman–Crippen MR) is 128 cm³/mol. The van der Waals surface area contributed by atoms with Gasteiger partial charge < -0.3 is 14.8 Å². The van der Waals surface area contributed by atoms with E-state index < -0.39 is 0 Å². The molecule has 1 atom stereocenters. The smallest absolute Gasteiger partial charge is 0.230 e. The first-order valence-corrected chi connectivity index (χ1v) is 11.8. The Morgan fingerprint density at radius 1 is 1.12 bits per heavy atom. The maximum absolute atomic E-state index is 12.3. The summed E-state index contributed by atoms with van der Waals surface area (Å²) in [4.78, 5) is 18.7. The SMILES string of the molecule is CC(=O)N(c1ccccc1)c1nc(CN[C@H](c2ccc3c(c2)OCCCO3)C(C)C)cs1. The molecule has 2 heterocycles. The van der Waals surface area contributed by atoms with Crippen molar-refractivity contribution in [1.82, 2.24) is 10.3 Å². The second-order valence-electron chi connectivity index (χ2n) is 8.17. The molecule has 0 spiro atoms. The second-order valence-corrected chi connectivity index (χ2v) is 9.01. The monoisotopic (exact) mass is 451 g/mol. The Kier molecular flexibility index (Phi) is 7.07. The molecule has 0 saturated heterocycles. The van der Waals surface area contributed by atoms with Crippen LogP contribution in [0.4, 0.5) is 10.8 Å². The second kappa shape index (κ2) is 10.1. The summed E-state index contributed by atoms with van der Waals surface area (Å²) in [5, 5.41) is 6.32. The van der Waals surface area contributed by atoms with Crippen LogP contribution >= 0.6 is 11.3 Å². The van der Waals surface area contributed by atoms with E-state index in [2.05, 4.69) is 31.3 Å². The number of nitrogens with one attached hydrogen (secondary N) is 1. The molecule has 1 aromatic heterocycles. The molecule has 1 aliphatic rings. The largest absolute Gasteiger partial charge is 0.490 e. The minimum Gasteiger partial charge on any atom is -0.490 e. The first-order chi connectivity index (χ1) is 15.5. The van der Waals surface area contributed by atoms with Crippen LogP contribution in [0, 0.1) is 5.92 Å². The lowest BCUT2D eigenvalue weighted by atomic mass is 9.95. The molecule has 0 aliphatic carbocycles. The lowest BCUT2D eigenvalue weighted by Gasteiger charge is -2.23. The van der Waals surface area contributed by atoms with E-state index in [-0.39, 0.29) is 11.9 Å². The standard InChI is InChI=1S/C25H29N3O3S/c1-17(2)24(19-10-11-22-23(14-19)31-13-7-12-30-22)26-15-20-16-32-25(27-20)28(18(3)29)21-8-5-4-6-9-21/h4-6,8-11,14,16-17,24,26H,7,12-13,15H2,1-3H3/t24-/m0/s1. The number of anilines is 2. The van der Waals surface area contributed by atoms with Crippen molar-refractivity contribution in [2.24, 2.45) is 5.92 Å². The third-order valence-corrected chi connectivity index (χ3v) is 6.24. The van der Waals surface area contributed by atoms with Crippen LogP contribution in [0.3, 0.4) is 0 Å². The molecule has 2 aromatic carbocycles. The van der Waals surface area contributed by atoms with Gasteiger partial charge >= 0.3 is 0 Å². The van der Waals surface area contributed by atoms with Crippen LogP contribution < -0.4 is 19.7 Å². The summed E-state index contributed by atoms with van der Waals surface area (Å²) < 4.78 is 11.6. The quantitative estimate of drug-likeness (QED) is 0.516. The van der Waals surface area contributed by atoms with Crippen LogP contribution in [0.25, 0.3) is 0 Å². The van der Waals surface area contributed by atoms with Gasteiger partial charge in [-0.1, -0.05) is 38.1 Å². The van der Waals surface area contributed by atoms with Gasteiger partial charge in [-0.15, -0.1) is 11.3 Å². The average Bonchev–Trinajstić information content (AvgIpc) is 3.10. The Hall–Kier alpha value is -2.90. The van der Waals surface area contributed by atoms with Crippen molar-refractivity contribution in [3.05, 3.63) is 65.2 Å². The van der Waals surface area contributed by atoms with Gasteiger partial charge in [0.1, 0.15) is 0 Å². The Bertz CT molecular complexity index is 1050. The van der Waals surface area contributed by atoms with Crippen LogP contribution in [0.5, 0.6) is 11.5 Å². The van der Waals surface area contributed by atoms with Crippen LogP contribution in [0.1, 0.15) is 44.5 Å². The van der Waals surface area contributed by atoms with Crippen LogP contribution in [-0.2, 0) is 11.3 Å². The topological polar surface area (TPSA) is 63.7 Å². The molecule has 0 saturated carbocycles. The summed E-state index contributed by atoms with van der Waals surface area (Å²) in [6, 6.07) is 15.9. The van der Waals surface area contributed by atoms with Crippen molar-refractivity contribution in [2.45, 2.75) is 39.8 Å². The van der Waals surface area contributed by atoms with Crippen molar-refractivity contribution in [1.29, 1.82) is 0 Å². The van der Waals surface area contributed by atoms with Gasteiger partial charge in [-0.05, 0) is 35.7 Å². The van der Waals surface area contributed by atoms with Gasteiger partial charge in [0.25, 0.3) is 0 Å². The normalized spacial score (nSPS) is 14.1. The molecule has 4 rings (SSSR count). The molecular formula is C25H29N3O3S. The highest BCUT2D eigenvalue weighted by Crippen LogP contribution is 2.34. The Morgan fingerprint density at radius 2 is 1.88 bits per heavy atom. The Morgan fingerprint density at radius 3 is 2.59 bits per heavy atom. The lowest BCUT2D eigenvalue weighted by Crippen LogP contribution is -2.26. The van der Waals surface area contributed by atoms with Crippen LogP contribution in [-0.4, -0.2) is 24.1 Å². The van der Waals surface area contributed by atoms with Gasteiger partial charge in [0.2, 0.25) is 5.91 Å². The zero-order valence-corrected chi connectivity index (χ0v) is 19.5. The number of ether oxygens (including phenoxy) is 2. The first kappa shape index (κ1) is 22.3.